The number of furan rings is 1. The van der Waals surface area contributed by atoms with E-state index in [2.05, 4.69) is 0 Å². The molecule has 1 heteroatoms. The summed E-state index contributed by atoms with van der Waals surface area (Å²) >= 11 is 0. The number of rotatable bonds is 0. The molecule has 0 spiro atoms. The Kier molecular flexibility index (Phi) is 0.432. The van der Waals surface area contributed by atoms with Crippen LogP contribution in [0.1, 0.15) is 11.3 Å². The Hall–Kier alpha value is -0.720. The molecule has 0 fully saturated rings. The summed E-state index contributed by atoms with van der Waals surface area (Å²) in [6.45, 7) is 0. The molecule has 0 aliphatic heterocycles. The van der Waals surface area contributed by atoms with Crippen molar-refractivity contribution in [3.05, 3.63) is 23.7 Å². The van der Waals surface area contributed by atoms with E-state index >= 15 is 0 Å². The molecule has 7 heavy (non-hydrogen) atoms. The summed E-state index contributed by atoms with van der Waals surface area (Å²) in [5.74, 6) is 1.19. The molecule has 0 unspecified atom stereocenters. The molecule has 0 aromatic carbocycles. The Morgan fingerprint density at radius 2 is 2.43 bits per heavy atom. The van der Waals surface area contributed by atoms with E-state index in [9.17, 15) is 0 Å². The lowest BCUT2D eigenvalue weighted by molar-refractivity contribution is 0.480. The van der Waals surface area contributed by atoms with Gasteiger partial charge in [0.15, 0.2) is 0 Å². The van der Waals surface area contributed by atoms with Gasteiger partial charge >= 0.3 is 0 Å². The minimum Gasteiger partial charge on any atom is -0.469 e. The van der Waals surface area contributed by atoms with Crippen LogP contribution in [0.2, 0.25) is 0 Å². The van der Waals surface area contributed by atoms with Crippen molar-refractivity contribution >= 4 is 0 Å². The molecule has 1 nitrogen and oxygen atoms in total. The predicted octanol–water partition coefficient (Wildman–Crippen LogP) is 1.38. The van der Waals surface area contributed by atoms with Crippen molar-refractivity contribution in [3.8, 4) is 0 Å². The van der Waals surface area contributed by atoms with Crippen molar-refractivity contribution < 1.29 is 4.42 Å². The Morgan fingerprint density at radius 1 is 1.43 bits per heavy atom. The third-order valence-corrected chi connectivity index (χ3v) is 1.46. The van der Waals surface area contributed by atoms with Gasteiger partial charge in [0, 0.05) is 6.42 Å². The Bertz CT molecular complexity index is 158. The first-order valence-corrected chi connectivity index (χ1v) is 2.52. The van der Waals surface area contributed by atoms with Crippen LogP contribution in [0, 0.1) is 0 Å². The fraction of sp³-hybridized carbons (Fsp3) is 0.333. The van der Waals surface area contributed by atoms with Gasteiger partial charge in [-0.25, -0.2) is 0 Å². The average molecular weight is 94.1 g/mol. The molecule has 1 aliphatic rings. The molecule has 0 atom stereocenters. The van der Waals surface area contributed by atoms with E-state index in [-0.39, 0.29) is 0 Å². The largest absolute Gasteiger partial charge is 0.469 e. The third-order valence-electron chi connectivity index (χ3n) is 1.46. The van der Waals surface area contributed by atoms with Crippen molar-refractivity contribution in [1.29, 1.82) is 0 Å². The quantitative estimate of drug-likeness (QED) is 0.473. The Balaban J connectivity index is 2.69. The van der Waals surface area contributed by atoms with Crippen LogP contribution in [0.25, 0.3) is 0 Å². The first-order valence-electron chi connectivity index (χ1n) is 2.52. The lowest BCUT2D eigenvalue weighted by Crippen LogP contribution is -2.02. The lowest BCUT2D eigenvalue weighted by Gasteiger charge is -2.07. The molecule has 0 saturated heterocycles. The van der Waals surface area contributed by atoms with Crippen molar-refractivity contribution in [2.24, 2.45) is 0 Å². The molecule has 36 valence electrons. The van der Waals surface area contributed by atoms with E-state index < -0.39 is 0 Å². The summed E-state index contributed by atoms with van der Waals surface area (Å²) in [7, 11) is 0. The number of hydrogen-bond acceptors (Lipinski definition) is 1. The van der Waals surface area contributed by atoms with Crippen LogP contribution in [0.4, 0.5) is 0 Å². The predicted molar refractivity (Wildman–Crippen MR) is 26.1 cm³/mol. The number of fused-ring (bicyclic) bond motifs is 1. The second kappa shape index (κ2) is 0.915. The van der Waals surface area contributed by atoms with Gasteiger partial charge in [0.2, 0.25) is 0 Å². The lowest BCUT2D eigenvalue weighted by atomic mass is 9.98. The van der Waals surface area contributed by atoms with Gasteiger partial charge in [-0.2, -0.15) is 0 Å². The fourth-order valence-electron chi connectivity index (χ4n) is 0.881. The molecule has 0 saturated carbocycles. The van der Waals surface area contributed by atoms with Crippen molar-refractivity contribution in [2.75, 3.05) is 0 Å². The highest BCUT2D eigenvalue weighted by Crippen LogP contribution is 2.22. The van der Waals surface area contributed by atoms with E-state index in [1.807, 2.05) is 6.07 Å². The molecule has 1 aliphatic carbocycles. The van der Waals surface area contributed by atoms with E-state index in [4.69, 9.17) is 4.42 Å². The summed E-state index contributed by atoms with van der Waals surface area (Å²) in [5, 5.41) is 0. The van der Waals surface area contributed by atoms with Gasteiger partial charge in [-0.05, 0) is 18.1 Å². The van der Waals surface area contributed by atoms with Crippen LogP contribution >= 0.6 is 0 Å². The maximum absolute atomic E-state index is 5.05. The van der Waals surface area contributed by atoms with E-state index in [0.717, 1.165) is 6.42 Å². The van der Waals surface area contributed by atoms with Crippen LogP contribution in [0.3, 0.4) is 0 Å². The summed E-state index contributed by atoms with van der Waals surface area (Å²) in [4.78, 5) is 0. The molecule has 0 radical (unpaired) electrons. The molecule has 0 N–H and O–H groups in total. The highest BCUT2D eigenvalue weighted by atomic mass is 16.3. The van der Waals surface area contributed by atoms with Crippen LogP contribution in [0.15, 0.2) is 16.7 Å². The first kappa shape index (κ1) is 3.30. The van der Waals surface area contributed by atoms with E-state index in [0.29, 0.717) is 0 Å². The van der Waals surface area contributed by atoms with Crippen molar-refractivity contribution in [1.82, 2.24) is 0 Å². The third kappa shape index (κ3) is 0.279. The van der Waals surface area contributed by atoms with Gasteiger partial charge in [-0.3, -0.25) is 0 Å². The van der Waals surface area contributed by atoms with Crippen LogP contribution in [-0.2, 0) is 12.8 Å². The SMILES string of the molecule is c1cc2c(o1)CC2. The minimum atomic E-state index is 1.16. The zero-order chi connectivity index (χ0) is 4.69. The molecular formula is C6H6O. The second-order valence-corrected chi connectivity index (χ2v) is 1.87. The van der Waals surface area contributed by atoms with Crippen molar-refractivity contribution in [3.63, 3.8) is 0 Å². The molecule has 0 bridgehead atoms. The minimum absolute atomic E-state index is 1.16. The zero-order valence-corrected chi connectivity index (χ0v) is 3.98. The van der Waals surface area contributed by atoms with Crippen LogP contribution in [-0.4, -0.2) is 0 Å². The van der Waals surface area contributed by atoms with Gasteiger partial charge in [0.05, 0.1) is 6.26 Å². The summed E-state index contributed by atoms with van der Waals surface area (Å²) < 4.78 is 5.05. The molecule has 1 aromatic heterocycles. The van der Waals surface area contributed by atoms with Crippen LogP contribution in [0.5, 0.6) is 0 Å². The second-order valence-electron chi connectivity index (χ2n) is 1.87. The molecule has 2 rings (SSSR count). The van der Waals surface area contributed by atoms with Gasteiger partial charge in [-0.15, -0.1) is 0 Å². The van der Waals surface area contributed by atoms with Crippen molar-refractivity contribution in [2.45, 2.75) is 12.8 Å². The van der Waals surface area contributed by atoms with Gasteiger partial charge in [-0.1, -0.05) is 0 Å². The highest BCUT2D eigenvalue weighted by molar-refractivity contribution is 5.25. The summed E-state index contributed by atoms with van der Waals surface area (Å²) in [6.07, 6.45) is 4.14. The number of hydrogen-bond donors (Lipinski definition) is 0. The van der Waals surface area contributed by atoms with Crippen LogP contribution < -0.4 is 0 Å². The summed E-state index contributed by atoms with van der Waals surface area (Å²) in [6, 6.07) is 2.04. The highest BCUT2D eigenvalue weighted by Gasteiger charge is 2.14. The maximum Gasteiger partial charge on any atom is 0.107 e. The topological polar surface area (TPSA) is 13.1 Å². The Morgan fingerprint density at radius 3 is 2.71 bits per heavy atom. The maximum atomic E-state index is 5.05. The van der Waals surface area contributed by atoms with E-state index in [1.54, 1.807) is 6.26 Å². The Labute approximate surface area is 41.9 Å². The number of aryl methyl sites for hydroxylation is 2. The monoisotopic (exact) mass is 94.0 g/mol. The zero-order valence-electron chi connectivity index (χ0n) is 3.98. The van der Waals surface area contributed by atoms with Gasteiger partial charge in [0.25, 0.3) is 0 Å². The standard InChI is InChI=1S/C6H6O/c1-2-6-5(1)3-4-7-6/h3-4H,1-2H2. The fourth-order valence-corrected chi connectivity index (χ4v) is 0.881. The molecule has 0 amide bonds. The summed E-state index contributed by atoms with van der Waals surface area (Å²) in [5.41, 5.74) is 1.40. The smallest absolute Gasteiger partial charge is 0.107 e. The molecule has 1 aromatic rings. The average Bonchev–Trinajstić information content (AvgIpc) is 1.85. The molecular weight excluding hydrogens is 88.1 g/mol. The first-order chi connectivity index (χ1) is 3.47. The van der Waals surface area contributed by atoms with Gasteiger partial charge < -0.3 is 4.42 Å². The van der Waals surface area contributed by atoms with Gasteiger partial charge in [0.1, 0.15) is 5.76 Å². The van der Waals surface area contributed by atoms with E-state index in [1.165, 1.54) is 17.7 Å². The molecule has 1 heterocycles. The normalized spacial score (nSPS) is 15.4.